The number of hydrogen-bond donors (Lipinski definition) is 1. The summed E-state index contributed by atoms with van der Waals surface area (Å²) < 4.78 is 20.3. The van der Waals surface area contributed by atoms with E-state index in [1.54, 1.807) is 29.0 Å². The molecule has 2 heterocycles. The second kappa shape index (κ2) is 6.95. The maximum Gasteiger partial charge on any atom is 0.250 e. The number of aromatic nitrogens is 3. The number of ether oxygens (including phenoxy) is 1. The molecule has 2 aromatic heterocycles. The molecule has 7 heteroatoms. The molecule has 0 spiro atoms. The van der Waals surface area contributed by atoms with Gasteiger partial charge in [-0.05, 0) is 44.2 Å². The lowest BCUT2D eigenvalue weighted by molar-refractivity contribution is 0.399. The van der Waals surface area contributed by atoms with Crippen molar-refractivity contribution in [2.75, 3.05) is 12.8 Å². The standard InChI is InChI=1S/C19H19FN4O2/c1-11(2)24-10-13(6-9-15(24)25)16-17(12-4-7-14(20)8-5-12)22-19(21)23-18(16)26-3/h4-11H,1-3H3,(H2,21,22,23). The second-order valence-electron chi connectivity index (χ2n) is 6.08. The SMILES string of the molecule is COc1nc(N)nc(-c2ccc(F)cc2)c1-c1ccc(=O)n(C(C)C)c1. The fourth-order valence-corrected chi connectivity index (χ4v) is 2.74. The summed E-state index contributed by atoms with van der Waals surface area (Å²) in [6.07, 6.45) is 1.73. The van der Waals surface area contributed by atoms with Gasteiger partial charge in [-0.2, -0.15) is 4.98 Å². The Labute approximate surface area is 150 Å². The number of methoxy groups -OCH3 is 1. The number of nitrogens with two attached hydrogens (primary N) is 1. The van der Waals surface area contributed by atoms with Gasteiger partial charge in [0.2, 0.25) is 11.8 Å². The van der Waals surface area contributed by atoms with Crippen molar-refractivity contribution in [2.24, 2.45) is 0 Å². The number of halogens is 1. The Morgan fingerprint density at radius 1 is 1.08 bits per heavy atom. The molecule has 0 bridgehead atoms. The second-order valence-corrected chi connectivity index (χ2v) is 6.08. The number of nitrogens with zero attached hydrogens (tertiary/aromatic N) is 3. The van der Waals surface area contributed by atoms with Crippen LogP contribution in [0.5, 0.6) is 5.88 Å². The van der Waals surface area contributed by atoms with E-state index in [0.717, 1.165) is 0 Å². The minimum absolute atomic E-state index is 0.0163. The van der Waals surface area contributed by atoms with Crippen molar-refractivity contribution >= 4 is 5.95 Å². The highest BCUT2D eigenvalue weighted by Gasteiger charge is 2.19. The van der Waals surface area contributed by atoms with Gasteiger partial charge in [0.1, 0.15) is 5.82 Å². The van der Waals surface area contributed by atoms with Gasteiger partial charge in [0.25, 0.3) is 5.56 Å². The highest BCUT2D eigenvalue weighted by molar-refractivity contribution is 5.84. The van der Waals surface area contributed by atoms with E-state index in [0.29, 0.717) is 22.4 Å². The molecule has 0 aliphatic carbocycles. The molecule has 3 aromatic rings. The first-order valence-electron chi connectivity index (χ1n) is 8.10. The quantitative estimate of drug-likeness (QED) is 0.777. The largest absolute Gasteiger partial charge is 0.480 e. The van der Waals surface area contributed by atoms with Gasteiger partial charge in [-0.3, -0.25) is 4.79 Å². The van der Waals surface area contributed by atoms with Crippen molar-refractivity contribution < 1.29 is 9.13 Å². The Morgan fingerprint density at radius 3 is 2.35 bits per heavy atom. The van der Waals surface area contributed by atoms with Crippen LogP contribution in [0.3, 0.4) is 0 Å². The average molecular weight is 354 g/mol. The monoisotopic (exact) mass is 354 g/mol. The number of rotatable bonds is 4. The smallest absolute Gasteiger partial charge is 0.250 e. The molecule has 134 valence electrons. The minimum Gasteiger partial charge on any atom is -0.480 e. The molecule has 3 rings (SSSR count). The molecular weight excluding hydrogens is 335 g/mol. The highest BCUT2D eigenvalue weighted by atomic mass is 19.1. The summed E-state index contributed by atoms with van der Waals surface area (Å²) in [5.41, 5.74) is 8.17. The van der Waals surface area contributed by atoms with Crippen LogP contribution in [0, 0.1) is 5.82 Å². The summed E-state index contributed by atoms with van der Waals surface area (Å²) in [6.45, 7) is 3.84. The van der Waals surface area contributed by atoms with Gasteiger partial charge in [0, 0.05) is 29.4 Å². The van der Waals surface area contributed by atoms with Gasteiger partial charge in [-0.15, -0.1) is 0 Å². The summed E-state index contributed by atoms with van der Waals surface area (Å²) in [5, 5.41) is 0. The van der Waals surface area contributed by atoms with Crippen molar-refractivity contribution in [3.63, 3.8) is 0 Å². The summed E-state index contributed by atoms with van der Waals surface area (Å²) in [7, 11) is 1.48. The number of benzene rings is 1. The van der Waals surface area contributed by atoms with Crippen molar-refractivity contribution in [2.45, 2.75) is 19.9 Å². The highest BCUT2D eigenvalue weighted by Crippen LogP contribution is 2.37. The number of anilines is 1. The fourth-order valence-electron chi connectivity index (χ4n) is 2.74. The van der Waals surface area contributed by atoms with E-state index < -0.39 is 0 Å². The van der Waals surface area contributed by atoms with E-state index in [9.17, 15) is 9.18 Å². The zero-order valence-corrected chi connectivity index (χ0v) is 14.7. The zero-order chi connectivity index (χ0) is 18.8. The Kier molecular flexibility index (Phi) is 4.71. The Balaban J connectivity index is 2.31. The van der Waals surface area contributed by atoms with Gasteiger partial charge >= 0.3 is 0 Å². The van der Waals surface area contributed by atoms with Crippen LogP contribution < -0.4 is 16.0 Å². The van der Waals surface area contributed by atoms with Crippen LogP contribution in [0.1, 0.15) is 19.9 Å². The van der Waals surface area contributed by atoms with Gasteiger partial charge in [0.15, 0.2) is 0 Å². The first-order chi connectivity index (χ1) is 12.4. The first kappa shape index (κ1) is 17.6. The molecule has 0 atom stereocenters. The molecule has 0 aliphatic heterocycles. The summed E-state index contributed by atoms with van der Waals surface area (Å²) in [4.78, 5) is 20.6. The van der Waals surface area contributed by atoms with Crippen molar-refractivity contribution in [3.05, 3.63) is 58.8 Å². The van der Waals surface area contributed by atoms with Crippen molar-refractivity contribution in [1.82, 2.24) is 14.5 Å². The van der Waals surface area contributed by atoms with E-state index in [-0.39, 0.29) is 29.2 Å². The molecule has 0 fully saturated rings. The maximum absolute atomic E-state index is 13.3. The van der Waals surface area contributed by atoms with Crippen LogP contribution >= 0.6 is 0 Å². The van der Waals surface area contributed by atoms with Crippen LogP contribution in [0.15, 0.2) is 47.4 Å². The zero-order valence-electron chi connectivity index (χ0n) is 14.7. The fraction of sp³-hybridized carbons (Fsp3) is 0.211. The molecular formula is C19H19FN4O2. The van der Waals surface area contributed by atoms with E-state index >= 15 is 0 Å². The third kappa shape index (κ3) is 3.28. The van der Waals surface area contributed by atoms with Crippen LogP contribution in [0.2, 0.25) is 0 Å². The van der Waals surface area contributed by atoms with Crippen LogP contribution in [0.4, 0.5) is 10.3 Å². The van der Waals surface area contributed by atoms with Crippen LogP contribution in [0.25, 0.3) is 22.4 Å². The topological polar surface area (TPSA) is 83.0 Å². The summed E-state index contributed by atoms with van der Waals surface area (Å²) in [6, 6.07) is 9.07. The predicted molar refractivity (Wildman–Crippen MR) is 98.5 cm³/mol. The maximum atomic E-state index is 13.3. The lowest BCUT2D eigenvalue weighted by Crippen LogP contribution is -2.20. The average Bonchev–Trinajstić information content (AvgIpc) is 2.62. The number of nitrogen functional groups attached to an aromatic ring is 1. The molecule has 0 unspecified atom stereocenters. The van der Waals surface area contributed by atoms with Gasteiger partial charge in [-0.25, -0.2) is 9.37 Å². The lowest BCUT2D eigenvalue weighted by Gasteiger charge is -2.16. The first-order valence-corrected chi connectivity index (χ1v) is 8.10. The molecule has 0 aliphatic rings. The summed E-state index contributed by atoms with van der Waals surface area (Å²) in [5.74, 6) is -0.0227. The molecule has 26 heavy (non-hydrogen) atoms. The molecule has 0 saturated heterocycles. The molecule has 0 amide bonds. The van der Waals surface area contributed by atoms with Crippen molar-refractivity contribution in [3.8, 4) is 28.3 Å². The van der Waals surface area contributed by atoms with Crippen LogP contribution in [-0.4, -0.2) is 21.6 Å². The minimum atomic E-state index is -0.349. The molecule has 1 aromatic carbocycles. The normalized spacial score (nSPS) is 11.0. The summed E-state index contributed by atoms with van der Waals surface area (Å²) >= 11 is 0. The Bertz CT molecular complexity index is 997. The van der Waals surface area contributed by atoms with E-state index in [1.165, 1.54) is 25.3 Å². The predicted octanol–water partition coefficient (Wildman–Crippen LogP) is 3.28. The lowest BCUT2D eigenvalue weighted by atomic mass is 10.0. The van der Waals surface area contributed by atoms with E-state index in [2.05, 4.69) is 9.97 Å². The van der Waals surface area contributed by atoms with E-state index in [4.69, 9.17) is 10.5 Å². The van der Waals surface area contributed by atoms with Crippen molar-refractivity contribution in [1.29, 1.82) is 0 Å². The molecule has 0 saturated carbocycles. The molecule has 0 radical (unpaired) electrons. The molecule has 2 N–H and O–H groups in total. The van der Waals surface area contributed by atoms with E-state index in [1.807, 2.05) is 13.8 Å². The Morgan fingerprint density at radius 2 is 1.73 bits per heavy atom. The third-order valence-corrected chi connectivity index (χ3v) is 3.99. The Hall–Kier alpha value is -3.22. The van der Waals surface area contributed by atoms with Gasteiger partial charge < -0.3 is 15.0 Å². The third-order valence-electron chi connectivity index (χ3n) is 3.99. The van der Waals surface area contributed by atoms with Gasteiger partial charge in [-0.1, -0.05) is 0 Å². The van der Waals surface area contributed by atoms with Crippen LogP contribution in [-0.2, 0) is 0 Å². The number of hydrogen-bond acceptors (Lipinski definition) is 5. The molecule has 6 nitrogen and oxygen atoms in total. The number of pyridine rings is 1. The van der Waals surface area contributed by atoms with Gasteiger partial charge in [0.05, 0.1) is 18.4 Å².